The number of oxazole rings is 1. The number of carbonyl (C=O) groups is 3. The maximum Gasteiger partial charge on any atom is 0.257 e. The van der Waals surface area contributed by atoms with Gasteiger partial charge in [-0.2, -0.15) is 0 Å². The van der Waals surface area contributed by atoms with Crippen LogP contribution in [0.2, 0.25) is 0 Å². The number of benzene rings is 3. The van der Waals surface area contributed by atoms with E-state index in [0.717, 1.165) is 23.3 Å². The van der Waals surface area contributed by atoms with E-state index in [1.54, 1.807) is 36.4 Å². The van der Waals surface area contributed by atoms with E-state index >= 15 is 0 Å². The number of aromatic nitrogens is 1. The van der Waals surface area contributed by atoms with Crippen molar-refractivity contribution in [2.75, 3.05) is 4.90 Å². The van der Waals surface area contributed by atoms with Crippen molar-refractivity contribution >= 4 is 34.5 Å². The van der Waals surface area contributed by atoms with Crippen LogP contribution < -0.4 is 4.90 Å². The van der Waals surface area contributed by atoms with E-state index in [0.29, 0.717) is 28.3 Å². The Labute approximate surface area is 206 Å². The van der Waals surface area contributed by atoms with E-state index in [1.165, 1.54) is 17.0 Å². The highest BCUT2D eigenvalue weighted by atomic mass is 19.1. The van der Waals surface area contributed by atoms with Crippen molar-refractivity contribution in [2.24, 2.45) is 5.92 Å². The topological polar surface area (TPSA) is 83.7 Å². The number of fused-ring (bicyclic) bond motifs is 1. The summed E-state index contributed by atoms with van der Waals surface area (Å²) in [7, 11) is 0. The normalized spacial score (nSPS) is 17.7. The predicted octanol–water partition coefficient (Wildman–Crippen LogP) is 4.70. The van der Waals surface area contributed by atoms with Crippen molar-refractivity contribution in [1.29, 1.82) is 0 Å². The number of halogens is 1. The third kappa shape index (κ3) is 4.04. The molecule has 3 amide bonds. The summed E-state index contributed by atoms with van der Waals surface area (Å²) in [4.78, 5) is 46.6. The van der Waals surface area contributed by atoms with Crippen LogP contribution in [0.1, 0.15) is 24.8 Å². The van der Waals surface area contributed by atoms with E-state index in [2.05, 4.69) is 4.98 Å². The zero-order chi connectivity index (χ0) is 24.8. The second kappa shape index (κ2) is 8.71. The highest BCUT2D eigenvalue weighted by Gasteiger charge is 2.46. The molecule has 180 valence electrons. The van der Waals surface area contributed by atoms with Crippen molar-refractivity contribution in [3.8, 4) is 11.5 Å². The van der Waals surface area contributed by atoms with Gasteiger partial charge in [0.25, 0.3) is 5.91 Å². The third-order valence-corrected chi connectivity index (χ3v) is 6.64. The Morgan fingerprint density at radius 1 is 1.00 bits per heavy atom. The Hall–Kier alpha value is -4.33. The van der Waals surface area contributed by atoms with Crippen LogP contribution in [0.4, 0.5) is 10.1 Å². The molecule has 0 spiro atoms. The number of carbonyl (C=O) groups excluding carboxylic acids is 3. The van der Waals surface area contributed by atoms with Gasteiger partial charge in [-0.05, 0) is 66.9 Å². The fraction of sp³-hybridized carbons (Fsp3) is 0.214. The zero-order valence-electron chi connectivity index (χ0n) is 19.3. The molecule has 1 aromatic heterocycles. The highest BCUT2D eigenvalue weighted by Crippen LogP contribution is 2.35. The van der Waals surface area contributed by atoms with Crippen LogP contribution >= 0.6 is 0 Å². The Balaban J connectivity index is 1.25. The molecule has 2 aliphatic rings. The van der Waals surface area contributed by atoms with Gasteiger partial charge in [0.1, 0.15) is 17.4 Å². The van der Waals surface area contributed by atoms with Crippen molar-refractivity contribution in [2.45, 2.75) is 31.8 Å². The lowest BCUT2D eigenvalue weighted by Crippen LogP contribution is -2.45. The SMILES string of the molecule is O=C1CC(N(Cc2ccc(F)cc2)C(=O)C2CC2)C(=O)N1c1ccc(-c2nc3ccccc3o2)cc1. The van der Waals surface area contributed by atoms with Gasteiger partial charge in [-0.3, -0.25) is 14.4 Å². The van der Waals surface area contributed by atoms with E-state index in [4.69, 9.17) is 4.42 Å². The van der Waals surface area contributed by atoms with E-state index in [-0.39, 0.29) is 36.5 Å². The van der Waals surface area contributed by atoms with Crippen molar-refractivity contribution < 1.29 is 23.2 Å². The first-order valence-electron chi connectivity index (χ1n) is 11.9. The van der Waals surface area contributed by atoms with Gasteiger partial charge in [0.15, 0.2) is 5.58 Å². The van der Waals surface area contributed by atoms with Crippen LogP contribution in [-0.4, -0.2) is 33.6 Å². The average Bonchev–Trinajstić information content (AvgIpc) is 3.58. The molecule has 8 heteroatoms. The molecule has 36 heavy (non-hydrogen) atoms. The molecule has 1 aliphatic heterocycles. The standard InChI is InChI=1S/C28H22FN3O4/c29-20-11-5-17(6-12-20)16-31(27(34)19-7-8-19)23-15-25(33)32(28(23)35)21-13-9-18(10-14-21)26-30-22-3-1-2-4-24(22)36-26/h1-6,9-14,19,23H,7-8,15-16H2. The maximum atomic E-state index is 13.4. The van der Waals surface area contributed by atoms with E-state index in [9.17, 15) is 18.8 Å². The summed E-state index contributed by atoms with van der Waals surface area (Å²) in [6.07, 6.45) is 1.45. The smallest absolute Gasteiger partial charge is 0.257 e. The summed E-state index contributed by atoms with van der Waals surface area (Å²) < 4.78 is 19.2. The molecule has 1 unspecified atom stereocenters. The van der Waals surface area contributed by atoms with Crippen LogP contribution in [0.3, 0.4) is 0 Å². The molecule has 0 bridgehead atoms. The number of hydrogen-bond donors (Lipinski definition) is 0. The second-order valence-electron chi connectivity index (χ2n) is 9.19. The molecule has 1 saturated carbocycles. The number of imide groups is 1. The Kier molecular flexibility index (Phi) is 5.36. The lowest BCUT2D eigenvalue weighted by Gasteiger charge is -2.28. The maximum absolute atomic E-state index is 13.4. The highest BCUT2D eigenvalue weighted by molar-refractivity contribution is 6.23. The summed E-state index contributed by atoms with van der Waals surface area (Å²) in [5, 5.41) is 0. The van der Waals surface area contributed by atoms with Gasteiger partial charge >= 0.3 is 0 Å². The minimum atomic E-state index is -0.896. The minimum Gasteiger partial charge on any atom is -0.436 e. The molecular weight excluding hydrogens is 461 g/mol. The molecule has 4 aromatic rings. The van der Waals surface area contributed by atoms with E-state index in [1.807, 2.05) is 24.3 Å². The van der Waals surface area contributed by atoms with Gasteiger partial charge < -0.3 is 9.32 Å². The van der Waals surface area contributed by atoms with Gasteiger partial charge in [0, 0.05) is 18.0 Å². The lowest BCUT2D eigenvalue weighted by molar-refractivity contribution is -0.140. The zero-order valence-corrected chi connectivity index (χ0v) is 19.3. The second-order valence-corrected chi connectivity index (χ2v) is 9.19. The number of anilines is 1. The number of hydrogen-bond acceptors (Lipinski definition) is 5. The Morgan fingerprint density at radius 3 is 2.42 bits per heavy atom. The summed E-state index contributed by atoms with van der Waals surface area (Å²) in [5.41, 5.74) is 3.25. The average molecular weight is 483 g/mol. The van der Waals surface area contributed by atoms with Crippen LogP contribution in [-0.2, 0) is 20.9 Å². The quantitative estimate of drug-likeness (QED) is 0.371. The van der Waals surface area contributed by atoms with Crippen molar-refractivity contribution in [3.05, 3.63) is 84.2 Å². The molecule has 1 saturated heterocycles. The molecular formula is C28H22FN3O4. The number of amides is 3. The fourth-order valence-electron chi connectivity index (χ4n) is 4.57. The van der Waals surface area contributed by atoms with Gasteiger partial charge in [0.2, 0.25) is 17.7 Å². The van der Waals surface area contributed by atoms with Crippen LogP contribution in [0.15, 0.2) is 77.2 Å². The molecule has 0 radical (unpaired) electrons. The van der Waals surface area contributed by atoms with E-state index < -0.39 is 11.9 Å². The monoisotopic (exact) mass is 483 g/mol. The molecule has 3 aromatic carbocycles. The van der Waals surface area contributed by atoms with Gasteiger partial charge in [0.05, 0.1) is 12.1 Å². The molecule has 6 rings (SSSR count). The summed E-state index contributed by atoms with van der Waals surface area (Å²) in [6, 6.07) is 19.2. The minimum absolute atomic E-state index is 0.0919. The van der Waals surface area contributed by atoms with Crippen molar-refractivity contribution in [3.63, 3.8) is 0 Å². The molecule has 7 nitrogen and oxygen atoms in total. The van der Waals surface area contributed by atoms with Gasteiger partial charge in [-0.1, -0.05) is 24.3 Å². The molecule has 2 heterocycles. The summed E-state index contributed by atoms with van der Waals surface area (Å²) >= 11 is 0. The Bertz CT molecular complexity index is 1440. The van der Waals surface area contributed by atoms with Gasteiger partial charge in [-0.15, -0.1) is 0 Å². The first-order valence-corrected chi connectivity index (χ1v) is 11.9. The number of para-hydroxylation sites is 2. The number of nitrogens with zero attached hydrogens (tertiary/aromatic N) is 3. The van der Waals surface area contributed by atoms with Crippen LogP contribution in [0.5, 0.6) is 0 Å². The molecule has 1 aliphatic carbocycles. The Morgan fingerprint density at radius 2 is 1.72 bits per heavy atom. The van der Waals surface area contributed by atoms with Gasteiger partial charge in [-0.25, -0.2) is 14.3 Å². The first-order chi connectivity index (χ1) is 17.5. The van der Waals surface area contributed by atoms with Crippen molar-refractivity contribution in [1.82, 2.24) is 9.88 Å². The van der Waals surface area contributed by atoms with Crippen LogP contribution in [0.25, 0.3) is 22.6 Å². The largest absolute Gasteiger partial charge is 0.436 e. The molecule has 0 N–H and O–H groups in total. The number of rotatable bonds is 6. The molecule has 2 fully saturated rings. The third-order valence-electron chi connectivity index (χ3n) is 6.64. The summed E-state index contributed by atoms with van der Waals surface area (Å²) in [5.74, 6) is -1.01. The first kappa shape index (κ1) is 22.2. The van der Waals surface area contributed by atoms with Crippen LogP contribution in [0, 0.1) is 11.7 Å². The summed E-state index contributed by atoms with van der Waals surface area (Å²) in [6.45, 7) is 0.143. The fourth-order valence-corrected chi connectivity index (χ4v) is 4.57. The molecule has 1 atom stereocenters. The lowest BCUT2D eigenvalue weighted by atomic mass is 10.1. The predicted molar refractivity (Wildman–Crippen MR) is 130 cm³/mol.